The van der Waals surface area contributed by atoms with Gasteiger partial charge in [0.05, 0.1) is 23.6 Å². The van der Waals surface area contributed by atoms with Gasteiger partial charge in [-0.05, 0) is 36.8 Å². The Bertz CT molecular complexity index is 1320. The molecule has 9 heteroatoms. The monoisotopic (exact) mass is 447 g/mol. The fourth-order valence-corrected chi connectivity index (χ4v) is 4.12. The minimum atomic E-state index is -0.348. The van der Waals surface area contributed by atoms with Crippen LogP contribution in [-0.4, -0.2) is 24.9 Å². The standard InChI is InChI=1S/C23H18FN5O2S/c1-15(22-25-20(28-31-22)19-12-7-13-30-19)32-23-27-26-21(17-10-5-6-11-18(17)24)29(23)14-16-8-3-2-4-9-16/h2-13,15H,14H2,1H3/t15-/m1/s1. The molecule has 2 aromatic carbocycles. The van der Waals surface area contributed by atoms with E-state index in [1.807, 2.05) is 41.8 Å². The van der Waals surface area contributed by atoms with Gasteiger partial charge in [0.25, 0.3) is 0 Å². The molecule has 3 aromatic heterocycles. The normalized spacial score (nSPS) is 12.2. The van der Waals surface area contributed by atoms with E-state index in [9.17, 15) is 4.39 Å². The summed E-state index contributed by atoms with van der Waals surface area (Å²) in [7, 11) is 0. The predicted octanol–water partition coefficient (Wildman–Crippen LogP) is 5.63. The maximum Gasteiger partial charge on any atom is 0.240 e. The number of hydrogen-bond acceptors (Lipinski definition) is 7. The van der Waals surface area contributed by atoms with Crippen molar-refractivity contribution in [3.05, 3.63) is 90.3 Å². The average Bonchev–Trinajstić information content (AvgIpc) is 3.57. The maximum absolute atomic E-state index is 14.5. The van der Waals surface area contributed by atoms with Crippen LogP contribution in [0.4, 0.5) is 4.39 Å². The van der Waals surface area contributed by atoms with Gasteiger partial charge in [0.15, 0.2) is 16.7 Å². The summed E-state index contributed by atoms with van der Waals surface area (Å²) in [4.78, 5) is 4.43. The highest BCUT2D eigenvalue weighted by atomic mass is 32.2. The molecule has 0 aliphatic rings. The molecule has 5 rings (SSSR count). The van der Waals surface area contributed by atoms with Crippen LogP contribution in [0, 0.1) is 5.82 Å². The minimum absolute atomic E-state index is 0.210. The molecule has 0 radical (unpaired) electrons. The molecule has 3 heterocycles. The lowest BCUT2D eigenvalue weighted by atomic mass is 10.2. The Hall–Kier alpha value is -3.72. The molecule has 0 unspecified atom stereocenters. The van der Waals surface area contributed by atoms with E-state index in [1.165, 1.54) is 17.8 Å². The van der Waals surface area contributed by atoms with Gasteiger partial charge in [0, 0.05) is 0 Å². The van der Waals surface area contributed by atoms with E-state index in [2.05, 4.69) is 20.3 Å². The van der Waals surface area contributed by atoms with Gasteiger partial charge in [-0.2, -0.15) is 4.98 Å². The van der Waals surface area contributed by atoms with Crippen molar-refractivity contribution in [2.45, 2.75) is 23.9 Å². The highest BCUT2D eigenvalue weighted by Gasteiger charge is 2.23. The lowest BCUT2D eigenvalue weighted by molar-refractivity contribution is 0.379. The van der Waals surface area contributed by atoms with Crippen LogP contribution in [0.25, 0.3) is 23.0 Å². The molecular formula is C23H18FN5O2S. The van der Waals surface area contributed by atoms with Crippen LogP contribution in [0.15, 0.2) is 87.1 Å². The average molecular weight is 447 g/mol. The molecule has 0 amide bonds. The van der Waals surface area contributed by atoms with Crippen molar-refractivity contribution in [3.8, 4) is 23.0 Å². The number of thioether (sulfide) groups is 1. The van der Waals surface area contributed by atoms with Crippen LogP contribution < -0.4 is 0 Å². The van der Waals surface area contributed by atoms with Crippen molar-refractivity contribution in [2.24, 2.45) is 0 Å². The lowest BCUT2D eigenvalue weighted by Crippen LogP contribution is -2.05. The fraction of sp³-hybridized carbons (Fsp3) is 0.130. The first-order chi connectivity index (χ1) is 15.7. The summed E-state index contributed by atoms with van der Waals surface area (Å²) >= 11 is 1.41. The number of rotatable bonds is 7. The molecule has 32 heavy (non-hydrogen) atoms. The van der Waals surface area contributed by atoms with Crippen LogP contribution in [0.5, 0.6) is 0 Å². The minimum Gasteiger partial charge on any atom is -0.461 e. The molecule has 5 aromatic rings. The van der Waals surface area contributed by atoms with Gasteiger partial charge < -0.3 is 8.94 Å². The third-order valence-electron chi connectivity index (χ3n) is 4.83. The summed E-state index contributed by atoms with van der Waals surface area (Å²) in [5.41, 5.74) is 1.45. The second-order valence-electron chi connectivity index (χ2n) is 7.05. The summed E-state index contributed by atoms with van der Waals surface area (Å²) in [5.74, 6) is 1.46. The molecule has 0 aliphatic heterocycles. The second-order valence-corrected chi connectivity index (χ2v) is 8.36. The number of aromatic nitrogens is 5. The topological polar surface area (TPSA) is 82.8 Å². The number of halogens is 1. The van der Waals surface area contributed by atoms with Crippen LogP contribution >= 0.6 is 11.8 Å². The quantitative estimate of drug-likeness (QED) is 0.299. The summed E-state index contributed by atoms with van der Waals surface area (Å²) in [6.07, 6.45) is 1.56. The van der Waals surface area contributed by atoms with E-state index in [4.69, 9.17) is 8.94 Å². The second kappa shape index (κ2) is 8.80. The fourth-order valence-electron chi connectivity index (χ4n) is 3.24. The Morgan fingerprint density at radius 3 is 2.59 bits per heavy atom. The number of benzene rings is 2. The van der Waals surface area contributed by atoms with Gasteiger partial charge >= 0.3 is 0 Å². The van der Waals surface area contributed by atoms with E-state index < -0.39 is 0 Å². The first kappa shape index (κ1) is 20.2. The van der Waals surface area contributed by atoms with Crippen LogP contribution in [-0.2, 0) is 6.54 Å². The Morgan fingerprint density at radius 1 is 1.00 bits per heavy atom. The van der Waals surface area contributed by atoms with Gasteiger partial charge in [-0.1, -0.05) is 59.4 Å². The van der Waals surface area contributed by atoms with E-state index >= 15 is 0 Å². The SMILES string of the molecule is C[C@@H](Sc1nnc(-c2ccccc2F)n1Cc1ccccc1)c1nc(-c2ccco2)no1. The lowest BCUT2D eigenvalue weighted by Gasteiger charge is -2.12. The molecule has 0 aliphatic carbocycles. The number of hydrogen-bond donors (Lipinski definition) is 0. The number of nitrogens with zero attached hydrogens (tertiary/aromatic N) is 5. The van der Waals surface area contributed by atoms with Crippen molar-refractivity contribution >= 4 is 11.8 Å². The molecule has 0 bridgehead atoms. The Kier molecular flexibility index (Phi) is 5.55. The Balaban J connectivity index is 1.47. The van der Waals surface area contributed by atoms with Crippen LogP contribution in [0.1, 0.15) is 23.6 Å². The smallest absolute Gasteiger partial charge is 0.240 e. The van der Waals surface area contributed by atoms with Gasteiger partial charge in [0.2, 0.25) is 11.7 Å². The van der Waals surface area contributed by atoms with Crippen molar-refractivity contribution in [3.63, 3.8) is 0 Å². The van der Waals surface area contributed by atoms with Gasteiger partial charge in [-0.25, -0.2) is 4.39 Å². The van der Waals surface area contributed by atoms with Gasteiger partial charge in [-0.15, -0.1) is 10.2 Å². The predicted molar refractivity (Wildman–Crippen MR) is 117 cm³/mol. The molecule has 0 spiro atoms. The van der Waals surface area contributed by atoms with E-state index in [1.54, 1.807) is 36.6 Å². The zero-order valence-electron chi connectivity index (χ0n) is 17.1. The maximum atomic E-state index is 14.5. The highest BCUT2D eigenvalue weighted by Crippen LogP contribution is 2.36. The zero-order valence-corrected chi connectivity index (χ0v) is 17.9. The van der Waals surface area contributed by atoms with E-state index in [-0.39, 0.29) is 11.1 Å². The molecule has 0 saturated heterocycles. The van der Waals surface area contributed by atoms with Crippen molar-refractivity contribution in [1.29, 1.82) is 0 Å². The first-order valence-electron chi connectivity index (χ1n) is 9.95. The Morgan fingerprint density at radius 2 is 1.81 bits per heavy atom. The van der Waals surface area contributed by atoms with E-state index in [0.29, 0.717) is 40.6 Å². The first-order valence-corrected chi connectivity index (χ1v) is 10.8. The summed E-state index contributed by atoms with van der Waals surface area (Å²) in [6.45, 7) is 2.43. The molecule has 0 N–H and O–H groups in total. The summed E-state index contributed by atoms with van der Waals surface area (Å²) in [6, 6.07) is 20.0. The largest absolute Gasteiger partial charge is 0.461 e. The van der Waals surface area contributed by atoms with Crippen molar-refractivity contribution < 1.29 is 13.3 Å². The number of furan rings is 1. The van der Waals surface area contributed by atoms with Crippen LogP contribution in [0.2, 0.25) is 0 Å². The van der Waals surface area contributed by atoms with Gasteiger partial charge in [0.1, 0.15) is 5.82 Å². The van der Waals surface area contributed by atoms with Gasteiger partial charge in [-0.3, -0.25) is 4.57 Å². The molecule has 160 valence electrons. The van der Waals surface area contributed by atoms with Crippen molar-refractivity contribution in [2.75, 3.05) is 0 Å². The third kappa shape index (κ3) is 4.06. The highest BCUT2D eigenvalue weighted by molar-refractivity contribution is 7.99. The van der Waals surface area contributed by atoms with E-state index in [0.717, 1.165) is 5.56 Å². The molecule has 7 nitrogen and oxygen atoms in total. The van der Waals surface area contributed by atoms with Crippen LogP contribution in [0.3, 0.4) is 0 Å². The summed E-state index contributed by atoms with van der Waals surface area (Å²) < 4.78 is 27.2. The third-order valence-corrected chi connectivity index (χ3v) is 5.90. The Labute approximate surface area is 187 Å². The molecular weight excluding hydrogens is 429 g/mol. The zero-order chi connectivity index (χ0) is 21.9. The molecule has 0 saturated carbocycles. The molecule has 0 fully saturated rings. The van der Waals surface area contributed by atoms with Crippen molar-refractivity contribution in [1.82, 2.24) is 24.9 Å². The summed E-state index contributed by atoms with van der Waals surface area (Å²) in [5, 5.41) is 13.1. The molecule has 1 atom stereocenters.